The Hall–Kier alpha value is -3.99. The third kappa shape index (κ3) is 2.99. The van der Waals surface area contributed by atoms with Crippen LogP contribution in [0.1, 0.15) is 27.3 Å². The zero-order valence-corrected chi connectivity index (χ0v) is 15.6. The molecule has 0 aliphatic carbocycles. The van der Waals surface area contributed by atoms with Gasteiger partial charge in [-0.1, -0.05) is 0 Å². The Morgan fingerprint density at radius 3 is 2.71 bits per heavy atom. The van der Waals surface area contributed by atoms with Gasteiger partial charge < -0.3 is 5.32 Å². The SMILES string of the molecule is Cc1cc(C#N)c(C)nc1C(=O)Nc1ccc2cnn(-c3cnn(C)c3)c2c1. The summed E-state index contributed by atoms with van der Waals surface area (Å²) in [5, 5.41) is 21.5. The molecular formula is C20H17N7O. The molecule has 3 heterocycles. The molecule has 8 nitrogen and oxygen atoms in total. The molecule has 138 valence electrons. The molecule has 0 saturated heterocycles. The van der Waals surface area contributed by atoms with Gasteiger partial charge >= 0.3 is 0 Å². The first kappa shape index (κ1) is 17.4. The van der Waals surface area contributed by atoms with Gasteiger partial charge in [-0.2, -0.15) is 15.5 Å². The zero-order valence-electron chi connectivity index (χ0n) is 15.6. The summed E-state index contributed by atoms with van der Waals surface area (Å²) in [4.78, 5) is 17.0. The average Bonchev–Trinajstić information content (AvgIpc) is 3.28. The number of nitrogens with zero attached hydrogens (tertiary/aromatic N) is 6. The minimum Gasteiger partial charge on any atom is -0.321 e. The van der Waals surface area contributed by atoms with Crippen LogP contribution in [0.25, 0.3) is 16.6 Å². The summed E-state index contributed by atoms with van der Waals surface area (Å²) in [6.45, 7) is 3.48. The molecule has 1 aromatic carbocycles. The Kier molecular flexibility index (Phi) is 4.12. The predicted octanol–water partition coefficient (Wildman–Crippen LogP) is 2.89. The highest BCUT2D eigenvalue weighted by atomic mass is 16.1. The number of hydrogen-bond donors (Lipinski definition) is 1. The van der Waals surface area contributed by atoms with E-state index in [0.29, 0.717) is 28.2 Å². The Bertz CT molecular complexity index is 1260. The van der Waals surface area contributed by atoms with E-state index in [9.17, 15) is 4.79 Å². The fourth-order valence-corrected chi connectivity index (χ4v) is 3.06. The van der Waals surface area contributed by atoms with Crippen molar-refractivity contribution in [1.82, 2.24) is 24.5 Å². The van der Waals surface area contributed by atoms with E-state index in [4.69, 9.17) is 5.26 Å². The van der Waals surface area contributed by atoms with Gasteiger partial charge in [0.15, 0.2) is 0 Å². The van der Waals surface area contributed by atoms with Gasteiger partial charge in [-0.15, -0.1) is 0 Å². The van der Waals surface area contributed by atoms with Gasteiger partial charge in [0.05, 0.1) is 35.4 Å². The van der Waals surface area contributed by atoms with E-state index in [-0.39, 0.29) is 5.91 Å². The molecule has 4 aromatic rings. The largest absolute Gasteiger partial charge is 0.321 e. The fourth-order valence-electron chi connectivity index (χ4n) is 3.06. The number of aromatic nitrogens is 5. The molecule has 0 atom stereocenters. The van der Waals surface area contributed by atoms with Crippen LogP contribution in [0.4, 0.5) is 5.69 Å². The molecule has 0 saturated carbocycles. The number of nitrogens with one attached hydrogen (secondary N) is 1. The van der Waals surface area contributed by atoms with Crippen molar-refractivity contribution in [3.05, 3.63) is 65.4 Å². The van der Waals surface area contributed by atoms with Gasteiger partial charge in [0.25, 0.3) is 5.91 Å². The molecule has 0 unspecified atom stereocenters. The predicted molar refractivity (Wildman–Crippen MR) is 104 cm³/mol. The molecule has 28 heavy (non-hydrogen) atoms. The maximum atomic E-state index is 12.7. The number of benzene rings is 1. The second-order valence-electron chi connectivity index (χ2n) is 6.55. The van der Waals surface area contributed by atoms with Crippen molar-refractivity contribution in [3.63, 3.8) is 0 Å². The number of hydrogen-bond acceptors (Lipinski definition) is 5. The molecule has 4 rings (SSSR count). The molecular weight excluding hydrogens is 354 g/mol. The standard InChI is InChI=1S/C20H17N7O/c1-12-6-15(8-21)13(2)24-19(12)20(28)25-16-5-4-14-9-23-27(18(14)7-16)17-10-22-26(3)11-17/h4-7,9-11H,1-3H3,(H,25,28). The lowest BCUT2D eigenvalue weighted by atomic mass is 10.1. The molecule has 0 radical (unpaired) electrons. The highest BCUT2D eigenvalue weighted by Crippen LogP contribution is 2.22. The number of pyridine rings is 1. The van der Waals surface area contributed by atoms with Crippen molar-refractivity contribution in [2.45, 2.75) is 13.8 Å². The lowest BCUT2D eigenvalue weighted by Crippen LogP contribution is -2.16. The van der Waals surface area contributed by atoms with Crippen molar-refractivity contribution < 1.29 is 4.79 Å². The Morgan fingerprint density at radius 1 is 1.18 bits per heavy atom. The number of nitriles is 1. The van der Waals surface area contributed by atoms with E-state index >= 15 is 0 Å². The number of fused-ring (bicyclic) bond motifs is 1. The van der Waals surface area contributed by atoms with Gasteiger partial charge in [0, 0.05) is 18.1 Å². The summed E-state index contributed by atoms with van der Waals surface area (Å²) in [5.41, 5.74) is 4.27. The third-order valence-corrected chi connectivity index (χ3v) is 4.50. The first-order valence-corrected chi connectivity index (χ1v) is 8.63. The average molecular weight is 371 g/mol. The topological polar surface area (TPSA) is 101 Å². The van der Waals surface area contributed by atoms with Gasteiger partial charge in [-0.25, -0.2) is 9.67 Å². The van der Waals surface area contributed by atoms with E-state index in [2.05, 4.69) is 26.6 Å². The summed E-state index contributed by atoms with van der Waals surface area (Å²) in [5.74, 6) is -0.322. The van der Waals surface area contributed by atoms with E-state index in [1.54, 1.807) is 41.7 Å². The summed E-state index contributed by atoms with van der Waals surface area (Å²) in [6, 6.07) is 9.34. The minimum absolute atomic E-state index is 0.303. The summed E-state index contributed by atoms with van der Waals surface area (Å²) >= 11 is 0. The normalized spacial score (nSPS) is 10.8. The second-order valence-corrected chi connectivity index (χ2v) is 6.55. The minimum atomic E-state index is -0.322. The molecule has 1 N–H and O–H groups in total. The maximum Gasteiger partial charge on any atom is 0.274 e. The van der Waals surface area contributed by atoms with Crippen molar-refractivity contribution in [3.8, 4) is 11.8 Å². The number of carbonyl (C=O) groups excluding carboxylic acids is 1. The maximum absolute atomic E-state index is 12.7. The highest BCUT2D eigenvalue weighted by molar-refractivity contribution is 6.04. The summed E-state index contributed by atoms with van der Waals surface area (Å²) < 4.78 is 3.48. The number of anilines is 1. The first-order chi connectivity index (χ1) is 13.5. The van der Waals surface area contributed by atoms with Crippen molar-refractivity contribution in [1.29, 1.82) is 5.26 Å². The van der Waals surface area contributed by atoms with Crippen LogP contribution in [0, 0.1) is 25.2 Å². The molecule has 0 fully saturated rings. The second kappa shape index (κ2) is 6.63. The molecule has 1 amide bonds. The van der Waals surface area contributed by atoms with Crippen LogP contribution < -0.4 is 5.32 Å². The van der Waals surface area contributed by atoms with Crippen LogP contribution in [-0.2, 0) is 7.05 Å². The number of carbonyl (C=O) groups is 1. The molecule has 0 aliphatic heterocycles. The molecule has 0 bridgehead atoms. The van der Waals surface area contributed by atoms with Crippen LogP contribution in [0.5, 0.6) is 0 Å². The molecule has 0 spiro atoms. The van der Waals surface area contributed by atoms with Crippen molar-refractivity contribution in [2.24, 2.45) is 7.05 Å². The van der Waals surface area contributed by atoms with Crippen LogP contribution in [-0.4, -0.2) is 30.5 Å². The fraction of sp³-hybridized carbons (Fsp3) is 0.150. The van der Waals surface area contributed by atoms with Crippen LogP contribution in [0.2, 0.25) is 0 Å². The third-order valence-electron chi connectivity index (χ3n) is 4.50. The van der Waals surface area contributed by atoms with E-state index in [1.807, 2.05) is 31.4 Å². The van der Waals surface area contributed by atoms with Gasteiger partial charge in [0.1, 0.15) is 17.5 Å². The van der Waals surface area contributed by atoms with Crippen LogP contribution in [0.15, 0.2) is 42.9 Å². The Morgan fingerprint density at radius 2 is 2.00 bits per heavy atom. The number of amides is 1. The van der Waals surface area contributed by atoms with Gasteiger partial charge in [0.2, 0.25) is 0 Å². The van der Waals surface area contributed by atoms with Gasteiger partial charge in [-0.05, 0) is 43.7 Å². The quantitative estimate of drug-likeness (QED) is 0.597. The monoisotopic (exact) mass is 371 g/mol. The number of rotatable bonds is 3. The summed E-state index contributed by atoms with van der Waals surface area (Å²) in [7, 11) is 1.84. The Balaban J connectivity index is 1.68. The highest BCUT2D eigenvalue weighted by Gasteiger charge is 2.15. The van der Waals surface area contributed by atoms with E-state index in [0.717, 1.165) is 16.6 Å². The first-order valence-electron chi connectivity index (χ1n) is 8.63. The Labute approximate surface area is 161 Å². The van der Waals surface area contributed by atoms with Crippen molar-refractivity contribution in [2.75, 3.05) is 5.32 Å². The van der Waals surface area contributed by atoms with Gasteiger partial charge in [-0.3, -0.25) is 9.48 Å². The molecule has 8 heteroatoms. The smallest absolute Gasteiger partial charge is 0.274 e. The summed E-state index contributed by atoms with van der Waals surface area (Å²) in [6.07, 6.45) is 5.36. The van der Waals surface area contributed by atoms with E-state index in [1.165, 1.54) is 0 Å². The zero-order chi connectivity index (χ0) is 19.8. The lowest BCUT2D eigenvalue weighted by molar-refractivity contribution is 0.102. The van der Waals surface area contributed by atoms with Crippen LogP contribution >= 0.6 is 0 Å². The van der Waals surface area contributed by atoms with Crippen LogP contribution in [0.3, 0.4) is 0 Å². The molecule has 0 aliphatic rings. The number of aryl methyl sites for hydroxylation is 3. The van der Waals surface area contributed by atoms with Crippen molar-refractivity contribution >= 4 is 22.5 Å². The van der Waals surface area contributed by atoms with E-state index < -0.39 is 0 Å². The molecule has 3 aromatic heterocycles. The lowest BCUT2D eigenvalue weighted by Gasteiger charge is -2.09.